The highest BCUT2D eigenvalue weighted by Gasteiger charge is 2.42. The number of benzene rings is 4. The Morgan fingerprint density at radius 1 is 0.581 bits per heavy atom. The molecule has 0 radical (unpaired) electrons. The number of halogens is 1. The van der Waals surface area contributed by atoms with E-state index in [0.29, 0.717) is 6.67 Å². The molecule has 0 unspecified atom stereocenters. The van der Waals surface area contributed by atoms with Crippen molar-refractivity contribution >= 4 is 5.69 Å². The van der Waals surface area contributed by atoms with E-state index in [1.165, 1.54) is 22.8 Å². The Kier molecular flexibility index (Phi) is 5.01. The van der Waals surface area contributed by atoms with Crippen LogP contribution in [0.4, 0.5) is 10.1 Å². The second kappa shape index (κ2) is 8.11. The third-order valence-corrected chi connectivity index (χ3v) is 5.88. The predicted molar refractivity (Wildman–Crippen MR) is 124 cm³/mol. The first-order valence-corrected chi connectivity index (χ1v) is 10.4. The van der Waals surface area contributed by atoms with Crippen LogP contribution >= 0.6 is 0 Å². The summed E-state index contributed by atoms with van der Waals surface area (Å²) in [6.07, 6.45) is 4.14. The highest BCUT2D eigenvalue weighted by molar-refractivity contribution is 5.54. The van der Waals surface area contributed by atoms with Crippen LogP contribution in [0.1, 0.15) is 16.7 Å². The average molecular weight is 407 g/mol. The summed E-state index contributed by atoms with van der Waals surface area (Å²) < 4.78 is 13.9. The summed E-state index contributed by atoms with van der Waals surface area (Å²) in [7, 11) is 0. The van der Waals surface area contributed by atoms with Crippen molar-refractivity contribution in [2.24, 2.45) is 0 Å². The van der Waals surface area contributed by atoms with E-state index in [0.717, 1.165) is 5.69 Å². The Bertz CT molecular complexity index is 1080. The van der Waals surface area contributed by atoms with E-state index < -0.39 is 5.54 Å². The second-order valence-electron chi connectivity index (χ2n) is 7.67. The van der Waals surface area contributed by atoms with Gasteiger partial charge in [0.1, 0.15) is 11.4 Å². The minimum atomic E-state index is -0.525. The molecule has 0 aromatic heterocycles. The zero-order chi connectivity index (χ0) is 21.1. The maximum absolute atomic E-state index is 13.9. The average Bonchev–Trinajstić information content (AvgIpc) is 3.32. The fraction of sp³-hybridized carbons (Fsp3) is 0.0714. The van der Waals surface area contributed by atoms with Crippen LogP contribution in [0.3, 0.4) is 0 Å². The second-order valence-corrected chi connectivity index (χ2v) is 7.67. The molecule has 152 valence electrons. The zero-order valence-corrected chi connectivity index (χ0v) is 17.1. The Balaban J connectivity index is 1.69. The van der Waals surface area contributed by atoms with Crippen molar-refractivity contribution in [1.29, 1.82) is 0 Å². The monoisotopic (exact) mass is 406 g/mol. The summed E-state index contributed by atoms with van der Waals surface area (Å²) >= 11 is 0. The van der Waals surface area contributed by atoms with Gasteiger partial charge in [-0.3, -0.25) is 0 Å². The predicted octanol–water partition coefficient (Wildman–Crippen LogP) is 6.37. The fourth-order valence-electron chi connectivity index (χ4n) is 4.50. The summed E-state index contributed by atoms with van der Waals surface area (Å²) in [4.78, 5) is 4.41. The molecule has 4 aromatic rings. The van der Waals surface area contributed by atoms with Gasteiger partial charge in [0.2, 0.25) is 0 Å². The number of hydrogen-bond donors (Lipinski definition) is 0. The molecule has 0 amide bonds. The van der Waals surface area contributed by atoms with E-state index in [1.54, 1.807) is 12.1 Å². The van der Waals surface area contributed by atoms with Gasteiger partial charge in [0.05, 0.1) is 6.67 Å². The van der Waals surface area contributed by atoms with Gasteiger partial charge in [-0.25, -0.2) is 4.39 Å². The van der Waals surface area contributed by atoms with Crippen molar-refractivity contribution in [2.75, 3.05) is 11.6 Å². The van der Waals surface area contributed by atoms with Gasteiger partial charge in [-0.2, -0.15) is 0 Å². The Labute approximate surface area is 182 Å². The Morgan fingerprint density at radius 3 is 1.58 bits per heavy atom. The summed E-state index contributed by atoms with van der Waals surface area (Å²) in [5.74, 6) is -0.232. The molecule has 0 saturated carbocycles. The molecule has 0 aliphatic carbocycles. The molecule has 4 aromatic carbocycles. The van der Waals surface area contributed by atoms with Crippen molar-refractivity contribution in [2.45, 2.75) is 5.54 Å². The molecule has 0 fully saturated rings. The first-order chi connectivity index (χ1) is 15.3. The molecule has 0 spiro atoms. The molecular formula is C28H23FN2. The van der Waals surface area contributed by atoms with Crippen molar-refractivity contribution in [3.63, 3.8) is 0 Å². The first kappa shape index (κ1) is 19.1. The quantitative estimate of drug-likeness (QED) is 0.355. The highest BCUT2D eigenvalue weighted by atomic mass is 19.1. The number of hydrogen-bond acceptors (Lipinski definition) is 2. The normalized spacial score (nSPS) is 13.6. The maximum atomic E-state index is 13.9. The molecule has 0 saturated heterocycles. The lowest BCUT2D eigenvalue weighted by atomic mass is 9.76. The van der Waals surface area contributed by atoms with E-state index in [1.807, 2.05) is 30.5 Å². The molecule has 1 heterocycles. The van der Waals surface area contributed by atoms with Crippen LogP contribution in [0.5, 0.6) is 0 Å². The molecule has 0 bridgehead atoms. The maximum Gasteiger partial charge on any atom is 0.125 e. The van der Waals surface area contributed by atoms with Crippen LogP contribution < -0.4 is 4.90 Å². The zero-order valence-electron chi connectivity index (χ0n) is 17.1. The van der Waals surface area contributed by atoms with Gasteiger partial charge in [-0.1, -0.05) is 97.1 Å². The number of nitrogens with zero attached hydrogens (tertiary/aromatic N) is 2. The van der Waals surface area contributed by atoms with Crippen molar-refractivity contribution in [3.05, 3.63) is 150 Å². The van der Waals surface area contributed by atoms with Gasteiger partial charge in [0, 0.05) is 18.1 Å². The van der Waals surface area contributed by atoms with Gasteiger partial charge in [0.15, 0.2) is 0 Å². The third kappa shape index (κ3) is 3.38. The van der Waals surface area contributed by atoms with E-state index in [9.17, 15) is 4.39 Å². The van der Waals surface area contributed by atoms with Gasteiger partial charge in [0.25, 0.3) is 0 Å². The topological polar surface area (TPSA) is 6.48 Å². The van der Waals surface area contributed by atoms with Crippen LogP contribution in [-0.4, -0.2) is 11.6 Å². The summed E-state index contributed by atoms with van der Waals surface area (Å²) in [5, 5.41) is 0. The molecule has 5 rings (SSSR count). The molecule has 1 aliphatic heterocycles. The Morgan fingerprint density at radius 2 is 1.10 bits per heavy atom. The van der Waals surface area contributed by atoms with Crippen LogP contribution in [0.15, 0.2) is 128 Å². The lowest BCUT2D eigenvalue weighted by molar-refractivity contribution is 0.251. The van der Waals surface area contributed by atoms with Crippen molar-refractivity contribution < 1.29 is 4.39 Å². The lowest BCUT2D eigenvalue weighted by Gasteiger charge is -2.44. The number of rotatable bonds is 5. The van der Waals surface area contributed by atoms with Gasteiger partial charge in [-0.15, -0.1) is 0 Å². The van der Waals surface area contributed by atoms with Gasteiger partial charge < -0.3 is 9.80 Å². The molecule has 1 aliphatic rings. The Hall–Kier alpha value is -3.85. The van der Waals surface area contributed by atoms with Gasteiger partial charge >= 0.3 is 0 Å². The van der Waals surface area contributed by atoms with Crippen LogP contribution in [0, 0.1) is 5.82 Å². The SMILES string of the molecule is Fc1cccc(N2C=CN(C(c3ccccc3)(c3ccccc3)c3ccccc3)C2)c1. The molecule has 31 heavy (non-hydrogen) atoms. The van der Waals surface area contributed by atoms with Crippen LogP contribution in [0.25, 0.3) is 0 Å². The smallest absolute Gasteiger partial charge is 0.125 e. The first-order valence-electron chi connectivity index (χ1n) is 10.4. The largest absolute Gasteiger partial charge is 0.340 e. The fourth-order valence-corrected chi connectivity index (χ4v) is 4.50. The van der Waals surface area contributed by atoms with E-state index in [4.69, 9.17) is 0 Å². The van der Waals surface area contributed by atoms with E-state index in [2.05, 4.69) is 88.8 Å². The summed E-state index contributed by atoms with van der Waals surface area (Å²) in [6.45, 7) is 0.599. The molecule has 0 atom stereocenters. The minimum Gasteiger partial charge on any atom is -0.340 e. The third-order valence-electron chi connectivity index (χ3n) is 5.88. The van der Waals surface area contributed by atoms with E-state index >= 15 is 0 Å². The standard InChI is InChI=1S/C28H23FN2/c29-26-17-10-18-27(21-26)30-19-20-31(22-30)28(23-11-4-1-5-12-23,24-13-6-2-7-14-24)25-15-8-3-9-16-25/h1-21H,22H2. The van der Waals surface area contributed by atoms with Gasteiger partial charge in [-0.05, 0) is 34.9 Å². The van der Waals surface area contributed by atoms with Crippen LogP contribution in [-0.2, 0) is 5.54 Å². The van der Waals surface area contributed by atoms with E-state index in [-0.39, 0.29) is 5.82 Å². The molecule has 0 N–H and O–H groups in total. The highest BCUT2D eigenvalue weighted by Crippen LogP contribution is 2.44. The van der Waals surface area contributed by atoms with Crippen LogP contribution in [0.2, 0.25) is 0 Å². The van der Waals surface area contributed by atoms with Crippen molar-refractivity contribution in [3.8, 4) is 0 Å². The van der Waals surface area contributed by atoms with Crippen molar-refractivity contribution in [1.82, 2.24) is 4.90 Å². The molecule has 2 nitrogen and oxygen atoms in total. The lowest BCUT2D eigenvalue weighted by Crippen LogP contribution is -2.46. The summed E-state index contributed by atoms with van der Waals surface area (Å²) in [6, 6.07) is 38.4. The molecule has 3 heteroatoms. The molecular weight excluding hydrogens is 383 g/mol. The summed E-state index contributed by atoms with van der Waals surface area (Å²) in [5.41, 5.74) is 3.85. The minimum absolute atomic E-state index is 0.232. The number of anilines is 1.